The van der Waals surface area contributed by atoms with Crippen LogP contribution in [0.5, 0.6) is 0 Å². The Bertz CT molecular complexity index is 819. The second-order valence-corrected chi connectivity index (χ2v) is 7.40. The Hall–Kier alpha value is -2.33. The molecule has 142 valence electrons. The van der Waals surface area contributed by atoms with Gasteiger partial charge in [-0.3, -0.25) is 9.59 Å². The number of carbonyl (C=O) groups is 2. The Morgan fingerprint density at radius 1 is 1.19 bits per heavy atom. The van der Waals surface area contributed by atoms with Crippen molar-refractivity contribution in [1.82, 2.24) is 10.2 Å². The lowest BCUT2D eigenvalue weighted by Crippen LogP contribution is -2.41. The number of hydrogen-bond acceptors (Lipinski definition) is 2. The summed E-state index contributed by atoms with van der Waals surface area (Å²) >= 11 is 5.96. The van der Waals surface area contributed by atoms with E-state index in [0.717, 1.165) is 24.0 Å². The molecule has 1 aliphatic rings. The van der Waals surface area contributed by atoms with Crippen molar-refractivity contribution in [1.29, 1.82) is 0 Å². The van der Waals surface area contributed by atoms with E-state index in [1.54, 1.807) is 6.92 Å². The van der Waals surface area contributed by atoms with E-state index >= 15 is 0 Å². The third-order valence-corrected chi connectivity index (χ3v) is 5.46. The summed E-state index contributed by atoms with van der Waals surface area (Å²) in [4.78, 5) is 26.7. The molecule has 1 N–H and O–H groups in total. The van der Waals surface area contributed by atoms with Crippen molar-refractivity contribution in [3.63, 3.8) is 0 Å². The van der Waals surface area contributed by atoms with Crippen LogP contribution in [0.25, 0.3) is 0 Å². The van der Waals surface area contributed by atoms with Crippen LogP contribution in [0, 0.1) is 0 Å². The Morgan fingerprint density at radius 3 is 2.56 bits per heavy atom. The molecule has 0 spiro atoms. The largest absolute Gasteiger partial charge is 0.349 e. The summed E-state index contributed by atoms with van der Waals surface area (Å²) in [5, 5.41) is 3.80. The summed E-state index contributed by atoms with van der Waals surface area (Å²) in [6.07, 6.45) is 1.88. The number of fused-ring (bicyclic) bond motifs is 1. The monoisotopic (exact) mass is 384 g/mol. The second-order valence-electron chi connectivity index (χ2n) is 6.96. The molecule has 0 fully saturated rings. The summed E-state index contributed by atoms with van der Waals surface area (Å²) in [7, 11) is 0. The van der Waals surface area contributed by atoms with E-state index < -0.39 is 0 Å². The van der Waals surface area contributed by atoms with Crippen LogP contribution >= 0.6 is 11.6 Å². The first-order valence-electron chi connectivity index (χ1n) is 9.39. The summed E-state index contributed by atoms with van der Waals surface area (Å²) in [5.41, 5.74) is 3.33. The predicted molar refractivity (Wildman–Crippen MR) is 108 cm³/mol. The molecule has 5 heteroatoms. The van der Waals surface area contributed by atoms with Crippen molar-refractivity contribution in [2.24, 2.45) is 0 Å². The molecule has 1 aliphatic heterocycles. The smallest absolute Gasteiger partial charge is 0.222 e. The molecule has 4 nitrogen and oxygen atoms in total. The molecule has 2 aromatic carbocycles. The second kappa shape index (κ2) is 8.57. The highest BCUT2D eigenvalue weighted by Gasteiger charge is 2.31. The maximum absolute atomic E-state index is 12.8. The lowest BCUT2D eigenvalue weighted by molar-refractivity contribution is -0.133. The lowest BCUT2D eigenvalue weighted by Gasteiger charge is -2.36. The van der Waals surface area contributed by atoms with Gasteiger partial charge in [-0.2, -0.15) is 0 Å². The van der Waals surface area contributed by atoms with Gasteiger partial charge in [-0.25, -0.2) is 0 Å². The van der Waals surface area contributed by atoms with E-state index in [4.69, 9.17) is 11.6 Å². The molecule has 2 amide bonds. The summed E-state index contributed by atoms with van der Waals surface area (Å²) in [5.74, 6) is -0.0446. The number of nitrogens with zero attached hydrogens (tertiary/aromatic N) is 1. The molecule has 0 saturated carbocycles. The zero-order valence-corrected chi connectivity index (χ0v) is 16.5. The molecule has 27 heavy (non-hydrogen) atoms. The van der Waals surface area contributed by atoms with Crippen LogP contribution < -0.4 is 5.32 Å². The van der Waals surface area contributed by atoms with Gasteiger partial charge in [0.2, 0.25) is 11.8 Å². The predicted octanol–water partition coefficient (Wildman–Crippen LogP) is 4.44. The molecule has 0 aliphatic carbocycles. The zero-order valence-electron chi connectivity index (χ0n) is 15.7. The van der Waals surface area contributed by atoms with Crippen LogP contribution in [0.2, 0.25) is 5.02 Å². The van der Waals surface area contributed by atoms with Crippen molar-refractivity contribution in [3.8, 4) is 0 Å². The van der Waals surface area contributed by atoms with E-state index in [0.29, 0.717) is 11.6 Å². The fraction of sp³-hybridized carbons (Fsp3) is 0.364. The molecule has 0 radical (unpaired) electrons. The van der Waals surface area contributed by atoms with Crippen molar-refractivity contribution in [3.05, 3.63) is 70.2 Å². The highest BCUT2D eigenvalue weighted by molar-refractivity contribution is 6.30. The maximum atomic E-state index is 12.8. The van der Waals surface area contributed by atoms with Gasteiger partial charge >= 0.3 is 0 Å². The van der Waals surface area contributed by atoms with Crippen LogP contribution in [-0.2, 0) is 16.0 Å². The first kappa shape index (κ1) is 19.4. The summed E-state index contributed by atoms with van der Waals surface area (Å²) in [6, 6.07) is 15.3. The normalized spacial score (nSPS) is 17.1. The van der Waals surface area contributed by atoms with Crippen molar-refractivity contribution in [2.75, 3.05) is 6.54 Å². The Morgan fingerprint density at radius 2 is 1.89 bits per heavy atom. The molecule has 0 saturated heterocycles. The average Bonchev–Trinajstić information content (AvgIpc) is 2.67. The van der Waals surface area contributed by atoms with Crippen molar-refractivity contribution < 1.29 is 9.59 Å². The first-order valence-corrected chi connectivity index (χ1v) is 9.77. The van der Waals surface area contributed by atoms with E-state index in [1.807, 2.05) is 54.3 Å². The molecule has 0 bridgehead atoms. The van der Waals surface area contributed by atoms with E-state index in [1.165, 1.54) is 5.56 Å². The summed E-state index contributed by atoms with van der Waals surface area (Å²) in [6.45, 7) is 4.26. The Balaban J connectivity index is 1.76. The molecular formula is C22H25ClN2O2. The number of hydrogen-bond donors (Lipinski definition) is 1. The number of carbonyl (C=O) groups excluding carboxylic acids is 2. The fourth-order valence-electron chi connectivity index (χ4n) is 3.79. The van der Waals surface area contributed by atoms with Crippen LogP contribution in [-0.4, -0.2) is 23.3 Å². The van der Waals surface area contributed by atoms with E-state index in [2.05, 4.69) is 11.4 Å². The average molecular weight is 385 g/mol. The number of halogens is 1. The van der Waals surface area contributed by atoms with Crippen LogP contribution in [0.15, 0.2) is 48.5 Å². The summed E-state index contributed by atoms with van der Waals surface area (Å²) < 4.78 is 0. The number of nitrogens with one attached hydrogen (secondary N) is 1. The lowest BCUT2D eigenvalue weighted by atomic mass is 9.90. The SMILES string of the molecule is CCC(NC(=O)CC1c2ccccc2CCN1C(C)=O)c1ccc(Cl)cc1. The number of amides is 2. The Labute approximate surface area is 165 Å². The van der Waals surface area contributed by atoms with Crippen LogP contribution in [0.1, 0.15) is 55.5 Å². The number of rotatable bonds is 5. The topological polar surface area (TPSA) is 49.4 Å². The third-order valence-electron chi connectivity index (χ3n) is 5.21. The molecule has 0 aromatic heterocycles. The van der Waals surface area contributed by atoms with Gasteiger partial charge in [0.25, 0.3) is 0 Å². The molecule has 1 heterocycles. The van der Waals surface area contributed by atoms with Gasteiger partial charge in [-0.05, 0) is 41.7 Å². The Kier molecular flexibility index (Phi) is 6.17. The third kappa shape index (κ3) is 4.51. The van der Waals surface area contributed by atoms with Gasteiger partial charge in [-0.15, -0.1) is 0 Å². The van der Waals surface area contributed by atoms with E-state index in [-0.39, 0.29) is 30.3 Å². The van der Waals surface area contributed by atoms with Crippen molar-refractivity contribution >= 4 is 23.4 Å². The molecule has 2 unspecified atom stereocenters. The zero-order chi connectivity index (χ0) is 19.4. The highest BCUT2D eigenvalue weighted by Crippen LogP contribution is 2.32. The van der Waals surface area contributed by atoms with Crippen molar-refractivity contribution in [2.45, 2.75) is 45.2 Å². The van der Waals surface area contributed by atoms with E-state index in [9.17, 15) is 9.59 Å². The standard InChI is InChI=1S/C22H25ClN2O2/c1-3-20(17-8-10-18(23)11-9-17)24-22(27)14-21-19-7-5-4-6-16(19)12-13-25(21)15(2)26/h4-11,20-21H,3,12-14H2,1-2H3,(H,24,27). The van der Waals surface area contributed by atoms with Crippen LogP contribution in [0.4, 0.5) is 0 Å². The molecular weight excluding hydrogens is 360 g/mol. The number of benzene rings is 2. The molecule has 2 aromatic rings. The van der Waals surface area contributed by atoms with Gasteiger partial charge < -0.3 is 10.2 Å². The van der Waals surface area contributed by atoms with Gasteiger partial charge in [0.1, 0.15) is 0 Å². The highest BCUT2D eigenvalue weighted by atomic mass is 35.5. The van der Waals surface area contributed by atoms with Gasteiger partial charge in [0.15, 0.2) is 0 Å². The van der Waals surface area contributed by atoms with Gasteiger partial charge in [0.05, 0.1) is 18.5 Å². The minimum absolute atomic E-state index is 0.00652. The fourth-order valence-corrected chi connectivity index (χ4v) is 3.92. The quantitative estimate of drug-likeness (QED) is 0.828. The van der Waals surface area contributed by atoms with Gasteiger partial charge in [-0.1, -0.05) is 54.9 Å². The molecule has 2 atom stereocenters. The first-order chi connectivity index (χ1) is 13.0. The van der Waals surface area contributed by atoms with Crippen LogP contribution in [0.3, 0.4) is 0 Å². The maximum Gasteiger partial charge on any atom is 0.222 e. The minimum Gasteiger partial charge on any atom is -0.349 e. The van der Waals surface area contributed by atoms with Gasteiger partial charge in [0, 0.05) is 18.5 Å². The molecule has 3 rings (SSSR count). The minimum atomic E-state index is -0.213.